The molecule has 2 aliphatic rings. The summed E-state index contributed by atoms with van der Waals surface area (Å²) < 4.78 is 6.90. The standard InChI is InChI=1S/C15H23BrN4O/c1-17-15-12(16)13(10-5-3-4-6-10)18-14(19-15)11-9-20(2)7-8-21-11/h10-11H,3-9H2,1-2H3,(H,17,18,19). The van der Waals surface area contributed by atoms with Gasteiger partial charge in [0.15, 0.2) is 5.82 Å². The van der Waals surface area contributed by atoms with E-state index in [2.05, 4.69) is 38.2 Å². The number of nitrogens with one attached hydrogen (secondary N) is 1. The third-order valence-corrected chi connectivity index (χ3v) is 5.21. The summed E-state index contributed by atoms with van der Waals surface area (Å²) in [4.78, 5) is 11.8. The van der Waals surface area contributed by atoms with Crippen molar-refractivity contribution in [3.05, 3.63) is 16.0 Å². The van der Waals surface area contributed by atoms with E-state index in [0.29, 0.717) is 5.92 Å². The fourth-order valence-corrected chi connectivity index (χ4v) is 3.90. The summed E-state index contributed by atoms with van der Waals surface area (Å²) in [5, 5.41) is 3.18. The predicted octanol–water partition coefficient (Wildman–Crippen LogP) is 2.94. The van der Waals surface area contributed by atoms with Gasteiger partial charge in [0, 0.05) is 26.1 Å². The summed E-state index contributed by atoms with van der Waals surface area (Å²) in [7, 11) is 4.02. The number of hydrogen-bond donors (Lipinski definition) is 1. The van der Waals surface area contributed by atoms with Crippen molar-refractivity contribution in [1.82, 2.24) is 14.9 Å². The lowest BCUT2D eigenvalue weighted by atomic mass is 10.0. The fraction of sp³-hybridized carbons (Fsp3) is 0.733. The highest BCUT2D eigenvalue weighted by atomic mass is 79.9. The minimum atomic E-state index is -0.0240. The molecule has 1 aliphatic carbocycles. The van der Waals surface area contributed by atoms with Crippen LogP contribution in [0.2, 0.25) is 0 Å². The first-order valence-electron chi connectivity index (χ1n) is 7.74. The molecule has 0 radical (unpaired) electrons. The van der Waals surface area contributed by atoms with Crippen LogP contribution in [0.4, 0.5) is 5.82 Å². The Bertz CT molecular complexity index is 505. The molecule has 1 atom stereocenters. The van der Waals surface area contributed by atoms with Crippen LogP contribution < -0.4 is 5.32 Å². The number of ether oxygens (including phenoxy) is 1. The summed E-state index contributed by atoms with van der Waals surface area (Å²) >= 11 is 3.68. The van der Waals surface area contributed by atoms with Gasteiger partial charge < -0.3 is 15.0 Å². The lowest BCUT2D eigenvalue weighted by molar-refractivity contribution is -0.0255. The molecule has 0 aromatic carbocycles. The molecule has 5 nitrogen and oxygen atoms in total. The molecule has 1 aliphatic heterocycles. The fourth-order valence-electron chi connectivity index (χ4n) is 3.20. The summed E-state index contributed by atoms with van der Waals surface area (Å²) in [6, 6.07) is 0. The van der Waals surface area contributed by atoms with Crippen molar-refractivity contribution in [2.24, 2.45) is 0 Å². The molecular weight excluding hydrogens is 332 g/mol. The Morgan fingerprint density at radius 3 is 2.71 bits per heavy atom. The molecule has 3 rings (SSSR count). The second-order valence-electron chi connectivity index (χ2n) is 5.98. The minimum absolute atomic E-state index is 0.0240. The van der Waals surface area contributed by atoms with Gasteiger partial charge in [0.2, 0.25) is 0 Å². The molecule has 1 unspecified atom stereocenters. The quantitative estimate of drug-likeness (QED) is 0.904. The first-order chi connectivity index (χ1) is 10.2. The van der Waals surface area contributed by atoms with E-state index in [4.69, 9.17) is 9.72 Å². The Kier molecular flexibility index (Phi) is 4.76. The summed E-state index contributed by atoms with van der Waals surface area (Å²) in [5.74, 6) is 2.24. The lowest BCUT2D eigenvalue weighted by Crippen LogP contribution is -2.36. The molecule has 0 amide bonds. The second kappa shape index (κ2) is 6.58. The number of nitrogens with zero attached hydrogens (tertiary/aromatic N) is 3. The van der Waals surface area contributed by atoms with E-state index in [9.17, 15) is 0 Å². The average molecular weight is 355 g/mol. The molecule has 1 aromatic rings. The molecule has 1 aromatic heterocycles. The van der Waals surface area contributed by atoms with Gasteiger partial charge in [-0.15, -0.1) is 0 Å². The SMILES string of the molecule is CNc1nc(C2CN(C)CCO2)nc(C2CCCC2)c1Br. The van der Waals surface area contributed by atoms with Crippen LogP contribution in [0.1, 0.15) is 49.2 Å². The Hall–Kier alpha value is -0.720. The van der Waals surface area contributed by atoms with Crippen LogP contribution in [0.15, 0.2) is 4.47 Å². The number of aromatic nitrogens is 2. The van der Waals surface area contributed by atoms with E-state index < -0.39 is 0 Å². The van der Waals surface area contributed by atoms with Gasteiger partial charge in [-0.05, 0) is 35.8 Å². The van der Waals surface area contributed by atoms with Gasteiger partial charge in [0.1, 0.15) is 11.9 Å². The zero-order chi connectivity index (χ0) is 14.8. The highest BCUT2D eigenvalue weighted by Gasteiger charge is 2.28. The van der Waals surface area contributed by atoms with Crippen LogP contribution >= 0.6 is 15.9 Å². The van der Waals surface area contributed by atoms with Crippen molar-refractivity contribution < 1.29 is 4.74 Å². The van der Waals surface area contributed by atoms with Gasteiger partial charge in [-0.3, -0.25) is 0 Å². The Labute approximate surface area is 134 Å². The van der Waals surface area contributed by atoms with Crippen LogP contribution in [-0.4, -0.2) is 48.7 Å². The number of halogens is 1. The van der Waals surface area contributed by atoms with Crippen molar-refractivity contribution in [3.8, 4) is 0 Å². The molecule has 2 heterocycles. The van der Waals surface area contributed by atoms with Crippen LogP contribution in [0.3, 0.4) is 0 Å². The normalized spacial score (nSPS) is 24.4. The lowest BCUT2D eigenvalue weighted by Gasteiger charge is -2.29. The van der Waals surface area contributed by atoms with Crippen molar-refractivity contribution in [2.45, 2.75) is 37.7 Å². The van der Waals surface area contributed by atoms with E-state index >= 15 is 0 Å². The van der Waals surface area contributed by atoms with Crippen molar-refractivity contribution in [3.63, 3.8) is 0 Å². The highest BCUT2D eigenvalue weighted by molar-refractivity contribution is 9.10. The second-order valence-corrected chi connectivity index (χ2v) is 6.78. The third-order valence-electron chi connectivity index (χ3n) is 4.43. The van der Waals surface area contributed by atoms with Gasteiger partial charge in [0.05, 0.1) is 16.8 Å². The summed E-state index contributed by atoms with van der Waals surface area (Å²) in [5.41, 5.74) is 1.15. The van der Waals surface area contributed by atoms with E-state index in [1.54, 1.807) is 0 Å². The van der Waals surface area contributed by atoms with E-state index in [1.807, 2.05) is 7.05 Å². The smallest absolute Gasteiger partial charge is 0.161 e. The van der Waals surface area contributed by atoms with Gasteiger partial charge in [-0.1, -0.05) is 12.8 Å². The molecule has 1 saturated carbocycles. The molecule has 2 fully saturated rings. The van der Waals surface area contributed by atoms with Crippen molar-refractivity contribution in [2.75, 3.05) is 39.1 Å². The zero-order valence-corrected chi connectivity index (χ0v) is 14.3. The van der Waals surface area contributed by atoms with Gasteiger partial charge in [0.25, 0.3) is 0 Å². The Balaban J connectivity index is 1.94. The number of hydrogen-bond acceptors (Lipinski definition) is 5. The molecule has 0 spiro atoms. The predicted molar refractivity (Wildman–Crippen MR) is 86.7 cm³/mol. The number of likely N-dealkylation sites (N-methyl/N-ethyl adjacent to an activating group) is 1. The number of rotatable bonds is 3. The summed E-state index contributed by atoms with van der Waals surface area (Å²) in [6.07, 6.45) is 5.03. The van der Waals surface area contributed by atoms with Crippen molar-refractivity contribution in [1.29, 1.82) is 0 Å². The maximum atomic E-state index is 5.88. The monoisotopic (exact) mass is 354 g/mol. The van der Waals surface area contributed by atoms with E-state index in [0.717, 1.165) is 41.5 Å². The first-order valence-corrected chi connectivity index (χ1v) is 8.53. The zero-order valence-electron chi connectivity index (χ0n) is 12.7. The number of anilines is 1. The average Bonchev–Trinajstić information content (AvgIpc) is 3.01. The van der Waals surface area contributed by atoms with Gasteiger partial charge in [-0.25, -0.2) is 9.97 Å². The third kappa shape index (κ3) is 3.22. The first kappa shape index (κ1) is 15.2. The van der Waals surface area contributed by atoms with E-state index in [1.165, 1.54) is 25.7 Å². The molecule has 6 heteroatoms. The van der Waals surface area contributed by atoms with Crippen LogP contribution in [0.5, 0.6) is 0 Å². The van der Waals surface area contributed by atoms with Crippen LogP contribution in [0, 0.1) is 0 Å². The molecular formula is C15H23BrN4O. The van der Waals surface area contributed by atoms with E-state index in [-0.39, 0.29) is 6.10 Å². The van der Waals surface area contributed by atoms with Crippen LogP contribution in [0.25, 0.3) is 0 Å². The maximum absolute atomic E-state index is 5.88. The van der Waals surface area contributed by atoms with Gasteiger partial charge in [-0.2, -0.15) is 0 Å². The topological polar surface area (TPSA) is 50.3 Å². The Morgan fingerprint density at radius 1 is 1.29 bits per heavy atom. The number of morpholine rings is 1. The molecule has 21 heavy (non-hydrogen) atoms. The largest absolute Gasteiger partial charge is 0.372 e. The highest BCUT2D eigenvalue weighted by Crippen LogP contribution is 2.39. The molecule has 1 N–H and O–H groups in total. The van der Waals surface area contributed by atoms with Gasteiger partial charge >= 0.3 is 0 Å². The van der Waals surface area contributed by atoms with Crippen LogP contribution in [-0.2, 0) is 4.74 Å². The summed E-state index contributed by atoms with van der Waals surface area (Å²) in [6.45, 7) is 2.57. The molecule has 0 bridgehead atoms. The Morgan fingerprint density at radius 2 is 2.05 bits per heavy atom. The van der Waals surface area contributed by atoms with Crippen molar-refractivity contribution >= 4 is 21.7 Å². The maximum Gasteiger partial charge on any atom is 0.161 e. The minimum Gasteiger partial charge on any atom is -0.372 e. The molecule has 1 saturated heterocycles. The molecule has 116 valence electrons.